The Kier molecular flexibility index (Phi) is 19.5. The maximum absolute atomic E-state index is 13.3. The van der Waals surface area contributed by atoms with Gasteiger partial charge in [-0.15, -0.1) is 0 Å². The van der Waals surface area contributed by atoms with Gasteiger partial charge in [-0.3, -0.25) is 9.59 Å². The molecule has 0 atom stereocenters. The van der Waals surface area contributed by atoms with Crippen molar-refractivity contribution in [2.24, 2.45) is 17.3 Å². The second-order valence-electron chi connectivity index (χ2n) is 15.5. The van der Waals surface area contributed by atoms with Gasteiger partial charge >= 0.3 is 11.9 Å². The summed E-state index contributed by atoms with van der Waals surface area (Å²) in [5.74, 6) is 0.226. The van der Waals surface area contributed by atoms with E-state index >= 15 is 0 Å². The second-order valence-corrected chi connectivity index (χ2v) is 19.8. The Labute approximate surface area is 301 Å². The van der Waals surface area contributed by atoms with E-state index in [1.807, 2.05) is 12.1 Å². The highest BCUT2D eigenvalue weighted by Crippen LogP contribution is 2.38. The van der Waals surface area contributed by atoms with Crippen LogP contribution in [0, 0.1) is 24.2 Å². The molecular formula is C43H69O5Si. The molecule has 0 bridgehead atoms. The minimum Gasteiger partial charge on any atom is -0.465 e. The summed E-state index contributed by atoms with van der Waals surface area (Å²) in [7, 11) is -2.90. The molecule has 2 aromatic rings. The molecular weight excluding hydrogens is 625 g/mol. The van der Waals surface area contributed by atoms with Gasteiger partial charge in [0, 0.05) is 19.4 Å². The lowest BCUT2D eigenvalue weighted by Crippen LogP contribution is -2.67. The van der Waals surface area contributed by atoms with Crippen LogP contribution in [0.4, 0.5) is 0 Å². The van der Waals surface area contributed by atoms with Crippen molar-refractivity contribution < 1.29 is 23.5 Å². The molecule has 0 amide bonds. The zero-order valence-corrected chi connectivity index (χ0v) is 33.2. The first kappa shape index (κ1) is 42.7. The van der Waals surface area contributed by atoms with Gasteiger partial charge in [-0.1, -0.05) is 160 Å². The first-order valence-corrected chi connectivity index (χ1v) is 21.3. The van der Waals surface area contributed by atoms with Gasteiger partial charge < -0.3 is 13.9 Å². The summed E-state index contributed by atoms with van der Waals surface area (Å²) in [5, 5.41) is 2.09. The molecule has 2 aromatic carbocycles. The van der Waals surface area contributed by atoms with Crippen LogP contribution in [0.1, 0.15) is 138 Å². The number of hydrogen-bond acceptors (Lipinski definition) is 5. The molecule has 0 saturated carbocycles. The van der Waals surface area contributed by atoms with Crippen molar-refractivity contribution in [3.05, 3.63) is 67.6 Å². The molecule has 0 spiro atoms. The molecule has 49 heavy (non-hydrogen) atoms. The molecule has 275 valence electrons. The van der Waals surface area contributed by atoms with Crippen LogP contribution in [0.5, 0.6) is 0 Å². The summed E-state index contributed by atoms with van der Waals surface area (Å²) >= 11 is 0. The van der Waals surface area contributed by atoms with Crippen molar-refractivity contribution >= 4 is 30.6 Å². The fourth-order valence-electron chi connectivity index (χ4n) is 6.87. The Morgan fingerprint density at radius 1 is 0.612 bits per heavy atom. The summed E-state index contributed by atoms with van der Waals surface area (Å²) in [4.78, 5) is 26.6. The molecule has 0 heterocycles. The number of rotatable bonds is 25. The summed E-state index contributed by atoms with van der Waals surface area (Å²) in [6.07, 6.45) is 13.8. The number of ether oxygens (including phenoxy) is 2. The standard InChI is InChI=1S/C43H69O5Si/c1-9-13-23-36(24-14-10-2)31-40(44)46-33-43(8,34-47-41(45)32-37(25-15-11-3)26-16-12-4)35-48-49(42(5,6)7,38-27-19-17-20-28-38)39-29-21-18-22-30-39/h17-22,27-30,36-37H,8-16,23-26,31-35H2,1-7H3. The summed E-state index contributed by atoms with van der Waals surface area (Å²) in [5.41, 5.74) is -0.969. The van der Waals surface area contributed by atoms with Gasteiger partial charge in [0.25, 0.3) is 8.32 Å². The van der Waals surface area contributed by atoms with Gasteiger partial charge in [-0.25, -0.2) is 0 Å². The van der Waals surface area contributed by atoms with Gasteiger partial charge in [0.05, 0.1) is 5.41 Å². The molecule has 0 aromatic heterocycles. The van der Waals surface area contributed by atoms with E-state index in [1.54, 1.807) is 0 Å². The van der Waals surface area contributed by atoms with Gasteiger partial charge in [-0.05, 0) is 59.9 Å². The maximum Gasteiger partial charge on any atom is 0.306 e. The zero-order chi connectivity index (χ0) is 36.2. The van der Waals surface area contributed by atoms with Gasteiger partial charge in [0.2, 0.25) is 0 Å². The molecule has 1 radical (unpaired) electrons. The molecule has 2 rings (SSSR count). The lowest BCUT2D eigenvalue weighted by atomic mass is 9.92. The highest BCUT2D eigenvalue weighted by Gasteiger charge is 2.51. The Hall–Kier alpha value is -2.44. The summed E-state index contributed by atoms with van der Waals surface area (Å²) < 4.78 is 19.3. The largest absolute Gasteiger partial charge is 0.465 e. The molecule has 6 heteroatoms. The van der Waals surface area contributed by atoms with E-state index < -0.39 is 13.7 Å². The fraction of sp³-hybridized carbons (Fsp3) is 0.651. The number of carbonyl (C=O) groups excluding carboxylic acids is 2. The van der Waals surface area contributed by atoms with Crippen molar-refractivity contribution in [3.8, 4) is 0 Å². The van der Waals surface area contributed by atoms with Gasteiger partial charge in [0.1, 0.15) is 13.2 Å². The molecule has 0 unspecified atom stereocenters. The van der Waals surface area contributed by atoms with E-state index in [9.17, 15) is 9.59 Å². The average molecular weight is 694 g/mol. The molecule has 0 aliphatic heterocycles. The number of carbonyl (C=O) groups is 2. The van der Waals surface area contributed by atoms with E-state index in [1.165, 1.54) is 0 Å². The van der Waals surface area contributed by atoms with Crippen LogP contribution in [0.15, 0.2) is 60.7 Å². The van der Waals surface area contributed by atoms with Crippen LogP contribution >= 0.6 is 0 Å². The van der Waals surface area contributed by atoms with E-state index in [0.717, 1.165) is 87.4 Å². The predicted octanol–water partition coefficient (Wildman–Crippen LogP) is 10.2. The Balaban J connectivity index is 2.37. The average Bonchev–Trinajstić information content (AvgIpc) is 3.09. The zero-order valence-electron chi connectivity index (χ0n) is 32.2. The number of benzene rings is 2. The van der Waals surface area contributed by atoms with Crippen LogP contribution in [0.2, 0.25) is 5.04 Å². The van der Waals surface area contributed by atoms with Gasteiger partial charge in [0.15, 0.2) is 0 Å². The number of esters is 2. The third kappa shape index (κ3) is 14.4. The Morgan fingerprint density at radius 3 is 1.27 bits per heavy atom. The fourth-order valence-corrected chi connectivity index (χ4v) is 11.6. The minimum absolute atomic E-state index is 0.0285. The van der Waals surface area contributed by atoms with Gasteiger partial charge in [-0.2, -0.15) is 0 Å². The third-order valence-electron chi connectivity index (χ3n) is 9.86. The van der Waals surface area contributed by atoms with Crippen molar-refractivity contribution in [1.82, 2.24) is 0 Å². The Bertz CT molecular complexity index is 1080. The quantitative estimate of drug-likeness (QED) is 0.0765. The predicted molar refractivity (Wildman–Crippen MR) is 208 cm³/mol. The van der Waals surface area contributed by atoms with Crippen molar-refractivity contribution in [3.63, 3.8) is 0 Å². The smallest absolute Gasteiger partial charge is 0.306 e. The van der Waals surface area contributed by atoms with Crippen LogP contribution in [-0.2, 0) is 23.5 Å². The molecule has 5 nitrogen and oxygen atoms in total. The minimum atomic E-state index is -2.90. The van der Waals surface area contributed by atoms with Crippen LogP contribution in [0.3, 0.4) is 0 Å². The SMILES string of the molecule is [CH2]C(COC(=O)CC(CCCC)CCCC)(COC(=O)CC(CCCC)CCCC)CO[Si](c1ccccc1)(c1ccccc1)C(C)(C)C. The topological polar surface area (TPSA) is 61.8 Å². The lowest BCUT2D eigenvalue weighted by Gasteiger charge is -2.45. The highest BCUT2D eigenvalue weighted by molar-refractivity contribution is 6.99. The van der Waals surface area contributed by atoms with Crippen LogP contribution in [0.25, 0.3) is 0 Å². The van der Waals surface area contributed by atoms with E-state index in [0.29, 0.717) is 24.7 Å². The second kappa shape index (κ2) is 22.4. The summed E-state index contributed by atoms with van der Waals surface area (Å²) in [6, 6.07) is 21.0. The summed E-state index contributed by atoms with van der Waals surface area (Å²) in [6.45, 7) is 20.3. The number of unbranched alkanes of at least 4 members (excludes halogenated alkanes) is 4. The van der Waals surface area contributed by atoms with Crippen molar-refractivity contribution in [1.29, 1.82) is 0 Å². The highest BCUT2D eigenvalue weighted by atomic mass is 28.4. The number of hydrogen-bond donors (Lipinski definition) is 0. The van der Waals surface area contributed by atoms with E-state index in [2.05, 4.69) is 104 Å². The molecule has 0 saturated heterocycles. The molecule has 0 aliphatic rings. The normalized spacial score (nSPS) is 12.4. The first-order valence-electron chi connectivity index (χ1n) is 19.4. The maximum atomic E-state index is 13.3. The van der Waals surface area contributed by atoms with E-state index in [-0.39, 0.29) is 36.8 Å². The molecule has 0 fully saturated rings. The third-order valence-corrected chi connectivity index (χ3v) is 14.8. The Morgan fingerprint density at radius 2 is 0.959 bits per heavy atom. The van der Waals surface area contributed by atoms with E-state index in [4.69, 9.17) is 13.9 Å². The lowest BCUT2D eigenvalue weighted by molar-refractivity contribution is -0.154. The van der Waals surface area contributed by atoms with Crippen molar-refractivity contribution in [2.75, 3.05) is 19.8 Å². The molecule has 0 aliphatic carbocycles. The molecule has 0 N–H and O–H groups in total. The van der Waals surface area contributed by atoms with Crippen LogP contribution in [-0.4, -0.2) is 40.1 Å². The first-order chi connectivity index (χ1) is 23.4. The van der Waals surface area contributed by atoms with Crippen molar-refractivity contribution in [2.45, 2.75) is 143 Å². The van der Waals surface area contributed by atoms with Crippen LogP contribution < -0.4 is 10.4 Å². The monoisotopic (exact) mass is 693 g/mol.